The SMILES string of the molecule is Cc1cc(N=S(C)(C)=O)cc2ncnc(Cc3ccc(F)cc3O[C@@H]3CCCN(S(C)(=O)=O)C3)c12. The van der Waals surface area contributed by atoms with E-state index in [9.17, 15) is 17.0 Å². The lowest BCUT2D eigenvalue weighted by Gasteiger charge is -2.31. The van der Waals surface area contributed by atoms with E-state index in [2.05, 4.69) is 14.3 Å². The van der Waals surface area contributed by atoms with Crippen LogP contribution in [0.25, 0.3) is 10.9 Å². The second-order valence-electron chi connectivity index (χ2n) is 9.18. The smallest absolute Gasteiger partial charge is 0.211 e. The fourth-order valence-electron chi connectivity index (χ4n) is 4.34. The van der Waals surface area contributed by atoms with E-state index < -0.39 is 25.6 Å². The molecule has 1 aliphatic rings. The van der Waals surface area contributed by atoms with Gasteiger partial charge in [-0.3, -0.25) is 0 Å². The minimum absolute atomic E-state index is 0.231. The molecule has 2 heterocycles. The van der Waals surface area contributed by atoms with Gasteiger partial charge in [0.2, 0.25) is 10.0 Å². The number of aryl methyl sites for hydroxylation is 1. The zero-order chi connectivity index (χ0) is 25.4. The third-order valence-corrected chi connectivity index (χ3v) is 7.73. The molecule has 1 atom stereocenters. The minimum Gasteiger partial charge on any atom is -0.489 e. The monoisotopic (exact) mass is 520 g/mol. The first-order valence-corrected chi connectivity index (χ1v) is 15.4. The van der Waals surface area contributed by atoms with E-state index >= 15 is 0 Å². The maximum Gasteiger partial charge on any atom is 0.211 e. The number of halogens is 1. The van der Waals surface area contributed by atoms with Crippen LogP contribution >= 0.6 is 0 Å². The Morgan fingerprint density at radius 1 is 1.14 bits per heavy atom. The first-order chi connectivity index (χ1) is 16.4. The van der Waals surface area contributed by atoms with Crippen molar-refractivity contribution < 1.29 is 21.8 Å². The third kappa shape index (κ3) is 6.33. The molecule has 0 saturated carbocycles. The van der Waals surface area contributed by atoms with Crippen molar-refractivity contribution in [3.8, 4) is 5.75 Å². The standard InChI is InChI=1S/C24H29FN4O4S2/c1-16-10-19(28-34(2,3)30)13-22-24(16)21(26-15-27-22)11-17-7-8-18(25)12-23(17)33-20-6-5-9-29(14-20)35(4,31)32/h7-8,10,12-13,15,20H,5-6,9,11,14H2,1-4H3/t20-/m1/s1. The van der Waals surface area contributed by atoms with E-state index in [1.54, 1.807) is 24.6 Å². The molecule has 0 aliphatic carbocycles. The van der Waals surface area contributed by atoms with Gasteiger partial charge in [-0.25, -0.2) is 27.0 Å². The molecule has 0 radical (unpaired) electrons. The summed E-state index contributed by atoms with van der Waals surface area (Å²) in [7, 11) is -5.65. The Morgan fingerprint density at radius 2 is 1.91 bits per heavy atom. The van der Waals surface area contributed by atoms with Gasteiger partial charge in [0.15, 0.2) is 0 Å². The Bertz CT molecular complexity index is 1490. The van der Waals surface area contributed by atoms with E-state index in [1.807, 2.05) is 13.0 Å². The lowest BCUT2D eigenvalue weighted by atomic mass is 10.0. The van der Waals surface area contributed by atoms with Gasteiger partial charge in [0.1, 0.15) is 24.0 Å². The highest BCUT2D eigenvalue weighted by molar-refractivity contribution is 7.92. The fraction of sp³-hybridized carbons (Fsp3) is 0.417. The van der Waals surface area contributed by atoms with Gasteiger partial charge in [-0.2, -0.15) is 8.67 Å². The lowest BCUT2D eigenvalue weighted by Crippen LogP contribution is -2.43. The summed E-state index contributed by atoms with van der Waals surface area (Å²) in [5, 5.41) is 0.848. The number of rotatable bonds is 6. The highest BCUT2D eigenvalue weighted by Crippen LogP contribution is 2.31. The fourth-order valence-corrected chi connectivity index (χ4v) is 5.85. The molecule has 1 fully saturated rings. The van der Waals surface area contributed by atoms with Crippen LogP contribution in [0.15, 0.2) is 41.0 Å². The summed E-state index contributed by atoms with van der Waals surface area (Å²) in [6.45, 7) is 2.61. The zero-order valence-corrected chi connectivity index (χ0v) is 21.8. The van der Waals surface area contributed by atoms with Gasteiger partial charge >= 0.3 is 0 Å². The Hall–Kier alpha value is -2.63. The number of hydrogen-bond donors (Lipinski definition) is 0. The second-order valence-corrected chi connectivity index (χ2v) is 13.7. The highest BCUT2D eigenvalue weighted by Gasteiger charge is 2.27. The van der Waals surface area contributed by atoms with Crippen LogP contribution in [0.2, 0.25) is 0 Å². The normalized spacial score (nSPS) is 17.5. The van der Waals surface area contributed by atoms with Crippen molar-refractivity contribution in [2.45, 2.75) is 32.3 Å². The average molecular weight is 521 g/mol. The van der Waals surface area contributed by atoms with Gasteiger partial charge in [0.05, 0.1) is 29.7 Å². The van der Waals surface area contributed by atoms with E-state index in [1.165, 1.54) is 29.0 Å². The molecular formula is C24H29FN4O4S2. The van der Waals surface area contributed by atoms with Gasteiger partial charge in [0.25, 0.3) is 0 Å². The maximum atomic E-state index is 14.2. The van der Waals surface area contributed by atoms with Crippen molar-refractivity contribution in [1.82, 2.24) is 14.3 Å². The summed E-state index contributed by atoms with van der Waals surface area (Å²) < 4.78 is 62.1. The minimum atomic E-state index is -3.33. The molecule has 1 aromatic heterocycles. The van der Waals surface area contributed by atoms with Crippen LogP contribution in [0.5, 0.6) is 5.75 Å². The van der Waals surface area contributed by atoms with E-state index in [0.717, 1.165) is 22.2 Å². The molecular weight excluding hydrogens is 491 g/mol. The summed E-state index contributed by atoms with van der Waals surface area (Å²) in [6.07, 6.45) is 7.16. The topological polar surface area (TPSA) is 102 Å². The number of benzene rings is 2. The molecule has 0 amide bonds. The molecule has 0 spiro atoms. The largest absolute Gasteiger partial charge is 0.489 e. The molecule has 1 saturated heterocycles. The van der Waals surface area contributed by atoms with Crippen LogP contribution in [0.1, 0.15) is 29.7 Å². The van der Waals surface area contributed by atoms with Gasteiger partial charge in [-0.15, -0.1) is 0 Å². The van der Waals surface area contributed by atoms with Crippen LogP contribution in [0.4, 0.5) is 10.1 Å². The molecule has 11 heteroatoms. The number of aromatic nitrogens is 2. The first-order valence-electron chi connectivity index (χ1n) is 11.2. The van der Waals surface area contributed by atoms with Crippen LogP contribution in [-0.2, 0) is 26.2 Å². The molecule has 4 rings (SSSR count). The molecule has 0 N–H and O–H groups in total. The number of piperidine rings is 1. The molecule has 0 bridgehead atoms. The van der Waals surface area contributed by atoms with Gasteiger partial charge in [-0.1, -0.05) is 6.07 Å². The number of hydrogen-bond acceptors (Lipinski definition) is 7. The predicted molar refractivity (Wildman–Crippen MR) is 136 cm³/mol. The Kier molecular flexibility index (Phi) is 7.12. The van der Waals surface area contributed by atoms with E-state index in [-0.39, 0.29) is 12.6 Å². The molecule has 2 aromatic carbocycles. The Labute approximate surface area is 205 Å². The van der Waals surface area contributed by atoms with Crippen molar-refractivity contribution in [3.63, 3.8) is 0 Å². The first kappa shape index (κ1) is 25.5. The van der Waals surface area contributed by atoms with Crippen LogP contribution < -0.4 is 4.74 Å². The van der Waals surface area contributed by atoms with E-state index in [0.29, 0.717) is 42.8 Å². The molecule has 1 aliphatic heterocycles. The molecule has 188 valence electrons. The summed E-state index contributed by atoms with van der Waals surface area (Å²) in [5.74, 6) is -0.0599. The molecule has 3 aromatic rings. The van der Waals surface area contributed by atoms with Gasteiger partial charge in [0, 0.05) is 52.2 Å². The van der Waals surface area contributed by atoms with Crippen LogP contribution in [0.3, 0.4) is 0 Å². The van der Waals surface area contributed by atoms with Crippen molar-refractivity contribution in [1.29, 1.82) is 0 Å². The van der Waals surface area contributed by atoms with Crippen molar-refractivity contribution in [3.05, 3.63) is 59.3 Å². The van der Waals surface area contributed by atoms with Crippen LogP contribution in [-0.4, -0.2) is 64.9 Å². The maximum absolute atomic E-state index is 14.2. The second kappa shape index (κ2) is 9.79. The number of sulfonamides is 1. The summed E-state index contributed by atoms with van der Waals surface area (Å²) in [4.78, 5) is 8.87. The lowest BCUT2D eigenvalue weighted by molar-refractivity contribution is 0.128. The van der Waals surface area contributed by atoms with Crippen molar-refractivity contribution >= 4 is 36.3 Å². The number of nitrogens with zero attached hydrogens (tertiary/aromatic N) is 4. The van der Waals surface area contributed by atoms with Gasteiger partial charge < -0.3 is 4.74 Å². The number of fused-ring (bicyclic) bond motifs is 1. The predicted octanol–water partition coefficient (Wildman–Crippen LogP) is 3.83. The Morgan fingerprint density at radius 3 is 2.63 bits per heavy atom. The quantitative estimate of drug-likeness (QED) is 0.490. The van der Waals surface area contributed by atoms with E-state index in [4.69, 9.17) is 4.74 Å². The van der Waals surface area contributed by atoms with Crippen molar-refractivity contribution in [2.75, 3.05) is 31.9 Å². The zero-order valence-electron chi connectivity index (χ0n) is 20.2. The summed E-state index contributed by atoms with van der Waals surface area (Å²) >= 11 is 0. The number of ether oxygens (including phenoxy) is 1. The Balaban J connectivity index is 1.67. The molecule has 8 nitrogen and oxygen atoms in total. The third-order valence-electron chi connectivity index (χ3n) is 5.81. The molecule has 35 heavy (non-hydrogen) atoms. The average Bonchev–Trinajstić information content (AvgIpc) is 2.74. The van der Waals surface area contributed by atoms with Gasteiger partial charge in [-0.05, 0) is 43.5 Å². The summed E-state index contributed by atoms with van der Waals surface area (Å²) in [5.41, 5.74) is 3.64. The molecule has 0 unspecified atom stereocenters. The summed E-state index contributed by atoms with van der Waals surface area (Å²) in [6, 6.07) is 8.01. The van der Waals surface area contributed by atoms with Crippen molar-refractivity contribution in [2.24, 2.45) is 4.36 Å². The van der Waals surface area contributed by atoms with Crippen LogP contribution in [0, 0.1) is 12.7 Å². The highest BCUT2D eigenvalue weighted by atomic mass is 32.2.